The van der Waals surface area contributed by atoms with Crippen LogP contribution in [0.25, 0.3) is 0 Å². The van der Waals surface area contributed by atoms with Crippen molar-refractivity contribution in [3.8, 4) is 5.06 Å². The van der Waals surface area contributed by atoms with Crippen molar-refractivity contribution in [2.75, 3.05) is 19.0 Å². The lowest BCUT2D eigenvalue weighted by atomic mass is 10.3. The molecule has 1 aromatic heterocycles. The van der Waals surface area contributed by atoms with Crippen molar-refractivity contribution >= 4 is 17.0 Å². The van der Waals surface area contributed by atoms with Crippen molar-refractivity contribution in [2.45, 2.75) is 26.7 Å². The van der Waals surface area contributed by atoms with E-state index < -0.39 is 0 Å². The molecule has 1 rings (SSSR count). The van der Waals surface area contributed by atoms with Crippen LogP contribution in [0.3, 0.4) is 0 Å². The molecule has 0 saturated heterocycles. The average molecular weight is 199 g/mol. The van der Waals surface area contributed by atoms with Crippen LogP contribution in [0.15, 0.2) is 5.38 Å². The predicted octanol–water partition coefficient (Wildman–Crippen LogP) is 3.28. The van der Waals surface area contributed by atoms with Crippen LogP contribution >= 0.6 is 11.3 Å². The van der Waals surface area contributed by atoms with Gasteiger partial charge < -0.3 is 10.1 Å². The van der Waals surface area contributed by atoms with Crippen LogP contribution in [0.5, 0.6) is 5.06 Å². The van der Waals surface area contributed by atoms with Crippen LogP contribution in [-0.2, 0) is 0 Å². The zero-order valence-electron chi connectivity index (χ0n) is 8.52. The van der Waals surface area contributed by atoms with Gasteiger partial charge in [0.1, 0.15) is 0 Å². The van der Waals surface area contributed by atoms with Crippen molar-refractivity contribution in [1.82, 2.24) is 0 Å². The Bertz CT molecular complexity index is 257. The molecule has 0 aliphatic carbocycles. The zero-order chi connectivity index (χ0) is 9.68. The highest BCUT2D eigenvalue weighted by atomic mass is 32.1. The number of nitrogens with one attached hydrogen (secondary N) is 1. The summed E-state index contributed by atoms with van der Waals surface area (Å²) in [5.74, 6) is 0. The van der Waals surface area contributed by atoms with E-state index in [9.17, 15) is 0 Å². The Hall–Kier alpha value is -0.700. The maximum atomic E-state index is 5.65. The zero-order valence-corrected chi connectivity index (χ0v) is 9.33. The molecule has 0 amide bonds. The second kappa shape index (κ2) is 5.12. The standard InChI is InChI=1S/C10H17NOS/c1-4-5-6-12-10-9(11-3)8(2)7-13-10/h7,11H,4-6H2,1-3H3. The molecule has 0 unspecified atom stereocenters. The molecule has 0 aliphatic rings. The van der Waals surface area contributed by atoms with Gasteiger partial charge in [0.25, 0.3) is 0 Å². The molecule has 0 radical (unpaired) electrons. The number of thiophene rings is 1. The molecule has 0 fully saturated rings. The largest absolute Gasteiger partial charge is 0.482 e. The van der Waals surface area contributed by atoms with Crippen LogP contribution in [0, 0.1) is 6.92 Å². The fourth-order valence-electron chi connectivity index (χ4n) is 1.14. The van der Waals surface area contributed by atoms with Gasteiger partial charge in [-0.15, -0.1) is 11.3 Å². The van der Waals surface area contributed by atoms with Crippen molar-refractivity contribution in [2.24, 2.45) is 0 Å². The van der Waals surface area contributed by atoms with E-state index >= 15 is 0 Å². The number of unbranched alkanes of at least 4 members (excludes halogenated alkanes) is 1. The smallest absolute Gasteiger partial charge is 0.197 e. The summed E-state index contributed by atoms with van der Waals surface area (Å²) >= 11 is 1.67. The summed E-state index contributed by atoms with van der Waals surface area (Å²) in [6.45, 7) is 5.09. The first-order chi connectivity index (χ1) is 6.29. The van der Waals surface area contributed by atoms with Crippen molar-refractivity contribution in [3.63, 3.8) is 0 Å². The number of hydrogen-bond donors (Lipinski definition) is 1. The Kier molecular flexibility index (Phi) is 4.09. The first kappa shape index (κ1) is 10.4. The average Bonchev–Trinajstić information content (AvgIpc) is 2.47. The molecule has 0 aliphatic heterocycles. The lowest BCUT2D eigenvalue weighted by Gasteiger charge is -2.06. The Morgan fingerprint density at radius 1 is 1.54 bits per heavy atom. The maximum absolute atomic E-state index is 5.65. The van der Waals surface area contributed by atoms with Gasteiger partial charge in [-0.1, -0.05) is 13.3 Å². The predicted molar refractivity (Wildman–Crippen MR) is 59.0 cm³/mol. The summed E-state index contributed by atoms with van der Waals surface area (Å²) in [4.78, 5) is 0. The lowest BCUT2D eigenvalue weighted by molar-refractivity contribution is 0.319. The van der Waals surface area contributed by atoms with Crippen LogP contribution in [0.2, 0.25) is 0 Å². The monoisotopic (exact) mass is 199 g/mol. The van der Waals surface area contributed by atoms with Gasteiger partial charge in [-0.25, -0.2) is 0 Å². The molecule has 0 aromatic carbocycles. The van der Waals surface area contributed by atoms with Crippen LogP contribution in [0.4, 0.5) is 5.69 Å². The molecule has 1 heterocycles. The summed E-state index contributed by atoms with van der Waals surface area (Å²) in [7, 11) is 1.93. The molecule has 2 nitrogen and oxygen atoms in total. The summed E-state index contributed by atoms with van der Waals surface area (Å²) in [6, 6.07) is 0. The molecule has 1 N–H and O–H groups in total. The first-order valence-electron chi connectivity index (χ1n) is 4.68. The highest BCUT2D eigenvalue weighted by molar-refractivity contribution is 7.12. The number of anilines is 1. The first-order valence-corrected chi connectivity index (χ1v) is 5.56. The molecule has 0 saturated carbocycles. The van der Waals surface area contributed by atoms with Gasteiger partial charge in [-0.05, 0) is 24.3 Å². The van der Waals surface area contributed by atoms with E-state index in [0.29, 0.717) is 0 Å². The van der Waals surface area contributed by atoms with E-state index in [1.165, 1.54) is 12.0 Å². The molecular formula is C10H17NOS. The molecule has 1 aromatic rings. The van der Waals surface area contributed by atoms with Gasteiger partial charge in [-0.2, -0.15) is 0 Å². The van der Waals surface area contributed by atoms with E-state index in [2.05, 4.69) is 24.5 Å². The third-order valence-electron chi connectivity index (χ3n) is 1.92. The fraction of sp³-hybridized carbons (Fsp3) is 0.600. The van der Waals surface area contributed by atoms with E-state index in [4.69, 9.17) is 4.74 Å². The SMILES string of the molecule is CCCCOc1scc(C)c1NC. The quantitative estimate of drug-likeness (QED) is 0.735. The summed E-state index contributed by atoms with van der Waals surface area (Å²) in [6.07, 6.45) is 2.30. The third-order valence-corrected chi connectivity index (χ3v) is 2.93. The number of aryl methyl sites for hydroxylation is 1. The fourth-order valence-corrected chi connectivity index (χ4v) is 2.07. The second-order valence-electron chi connectivity index (χ2n) is 3.03. The second-order valence-corrected chi connectivity index (χ2v) is 3.88. The highest BCUT2D eigenvalue weighted by Gasteiger charge is 2.07. The number of rotatable bonds is 5. The Morgan fingerprint density at radius 3 is 2.92 bits per heavy atom. The molecule has 3 heteroatoms. The van der Waals surface area contributed by atoms with Gasteiger partial charge in [0.05, 0.1) is 12.3 Å². The third kappa shape index (κ3) is 2.62. The minimum atomic E-state index is 0.825. The molecule has 74 valence electrons. The normalized spacial score (nSPS) is 10.1. The van der Waals surface area contributed by atoms with Crippen LogP contribution < -0.4 is 10.1 Å². The van der Waals surface area contributed by atoms with Crippen molar-refractivity contribution in [1.29, 1.82) is 0 Å². The summed E-state index contributed by atoms with van der Waals surface area (Å²) in [5, 5.41) is 6.30. The Labute approximate surface area is 83.9 Å². The van der Waals surface area contributed by atoms with Gasteiger partial charge >= 0.3 is 0 Å². The van der Waals surface area contributed by atoms with Crippen molar-refractivity contribution < 1.29 is 4.74 Å². The Morgan fingerprint density at radius 2 is 2.31 bits per heavy atom. The Balaban J connectivity index is 2.55. The lowest BCUT2D eigenvalue weighted by Crippen LogP contribution is -1.98. The number of ether oxygens (including phenoxy) is 1. The summed E-state index contributed by atoms with van der Waals surface area (Å²) in [5.41, 5.74) is 2.40. The van der Waals surface area contributed by atoms with Gasteiger partial charge in [0.15, 0.2) is 5.06 Å². The topological polar surface area (TPSA) is 21.3 Å². The maximum Gasteiger partial charge on any atom is 0.197 e. The van der Waals surface area contributed by atoms with E-state index in [-0.39, 0.29) is 0 Å². The van der Waals surface area contributed by atoms with Crippen LogP contribution in [-0.4, -0.2) is 13.7 Å². The minimum Gasteiger partial charge on any atom is -0.482 e. The van der Waals surface area contributed by atoms with E-state index in [1.54, 1.807) is 11.3 Å². The molecule has 0 atom stereocenters. The van der Waals surface area contributed by atoms with E-state index in [0.717, 1.165) is 23.8 Å². The van der Waals surface area contributed by atoms with Crippen LogP contribution in [0.1, 0.15) is 25.3 Å². The molecular weight excluding hydrogens is 182 g/mol. The van der Waals surface area contributed by atoms with Gasteiger partial charge in [0.2, 0.25) is 0 Å². The minimum absolute atomic E-state index is 0.825. The molecule has 13 heavy (non-hydrogen) atoms. The number of hydrogen-bond acceptors (Lipinski definition) is 3. The van der Waals surface area contributed by atoms with E-state index in [1.807, 2.05) is 7.05 Å². The van der Waals surface area contributed by atoms with Gasteiger partial charge in [-0.3, -0.25) is 0 Å². The van der Waals surface area contributed by atoms with Crippen molar-refractivity contribution in [3.05, 3.63) is 10.9 Å². The van der Waals surface area contributed by atoms with Gasteiger partial charge in [0, 0.05) is 7.05 Å². The highest BCUT2D eigenvalue weighted by Crippen LogP contribution is 2.35. The molecule has 0 bridgehead atoms. The molecule has 0 spiro atoms. The summed E-state index contributed by atoms with van der Waals surface area (Å²) < 4.78 is 5.65.